The van der Waals surface area contributed by atoms with Gasteiger partial charge in [0.05, 0.1) is 19.9 Å². The second-order valence-electron chi connectivity index (χ2n) is 4.21. The minimum absolute atomic E-state index is 0.242. The molecule has 1 heterocycles. The van der Waals surface area contributed by atoms with Crippen LogP contribution < -0.4 is 15.7 Å². The molecule has 1 aromatic heterocycles. The molecule has 0 spiro atoms. The largest absolute Gasteiger partial charge is 0.495 e. The van der Waals surface area contributed by atoms with E-state index in [-0.39, 0.29) is 11.3 Å². The summed E-state index contributed by atoms with van der Waals surface area (Å²) in [5.74, 6) is -1.66. The Morgan fingerprint density at radius 1 is 1.24 bits per heavy atom. The number of hydrogen-bond donors (Lipinski definition) is 1. The molecule has 0 aliphatic rings. The molecule has 7 heteroatoms. The van der Waals surface area contributed by atoms with Crippen LogP contribution in [0.1, 0.15) is 5.56 Å². The van der Waals surface area contributed by atoms with Gasteiger partial charge >= 0.3 is 17.5 Å². The van der Waals surface area contributed by atoms with E-state index in [1.165, 1.54) is 19.2 Å². The molecule has 0 bridgehead atoms. The van der Waals surface area contributed by atoms with E-state index in [2.05, 4.69) is 10.1 Å². The third-order valence-corrected chi connectivity index (χ3v) is 2.90. The number of benzene rings is 1. The second-order valence-corrected chi connectivity index (χ2v) is 4.21. The number of carbonyl (C=O) groups is 2. The van der Waals surface area contributed by atoms with Crippen molar-refractivity contribution in [3.05, 3.63) is 34.2 Å². The van der Waals surface area contributed by atoms with E-state index >= 15 is 0 Å². The summed E-state index contributed by atoms with van der Waals surface area (Å²) in [6, 6.07) is 4.36. The topological polar surface area (TPSA) is 94.8 Å². The first-order valence-electron chi connectivity index (χ1n) is 5.98. The molecular weight excluding hydrogens is 278 g/mol. The van der Waals surface area contributed by atoms with E-state index in [0.29, 0.717) is 16.7 Å². The number of methoxy groups -OCH3 is 2. The number of carbonyl (C=O) groups excluding carboxylic acids is 2. The van der Waals surface area contributed by atoms with E-state index in [0.717, 1.165) is 7.11 Å². The zero-order valence-electron chi connectivity index (χ0n) is 11.7. The molecule has 0 aliphatic carbocycles. The van der Waals surface area contributed by atoms with E-state index < -0.39 is 17.5 Å². The number of anilines is 1. The Balaban J connectivity index is 2.66. The lowest BCUT2D eigenvalue weighted by Gasteiger charge is -2.13. The quantitative estimate of drug-likeness (QED) is 0.508. The lowest BCUT2D eigenvalue weighted by molar-refractivity contribution is -0.150. The van der Waals surface area contributed by atoms with Gasteiger partial charge in [0.2, 0.25) is 0 Å². The summed E-state index contributed by atoms with van der Waals surface area (Å²) in [5.41, 5.74) is 0.600. The minimum Gasteiger partial charge on any atom is -0.495 e. The van der Waals surface area contributed by atoms with Gasteiger partial charge in [-0.2, -0.15) is 0 Å². The van der Waals surface area contributed by atoms with Crippen LogP contribution in [0, 0.1) is 6.92 Å². The summed E-state index contributed by atoms with van der Waals surface area (Å²) in [4.78, 5) is 34.3. The van der Waals surface area contributed by atoms with Crippen molar-refractivity contribution in [1.29, 1.82) is 0 Å². The van der Waals surface area contributed by atoms with Gasteiger partial charge in [-0.25, -0.2) is 9.59 Å². The van der Waals surface area contributed by atoms with E-state index in [1.54, 1.807) is 13.0 Å². The molecule has 0 atom stereocenters. The third kappa shape index (κ3) is 2.71. The maximum Gasteiger partial charge on any atom is 0.396 e. The number of aryl methyl sites for hydroxylation is 1. The van der Waals surface area contributed by atoms with Crippen LogP contribution in [0.15, 0.2) is 27.4 Å². The number of nitrogens with one attached hydrogen (secondary N) is 1. The van der Waals surface area contributed by atoms with Crippen molar-refractivity contribution in [3.63, 3.8) is 0 Å². The Morgan fingerprint density at radius 2 is 1.95 bits per heavy atom. The summed E-state index contributed by atoms with van der Waals surface area (Å²) < 4.78 is 14.6. The molecule has 2 rings (SSSR count). The van der Waals surface area contributed by atoms with Crippen molar-refractivity contribution in [1.82, 2.24) is 0 Å². The summed E-state index contributed by atoms with van der Waals surface area (Å²) in [6.45, 7) is 1.69. The molecule has 2 aromatic rings. The van der Waals surface area contributed by atoms with Crippen LogP contribution in [0.3, 0.4) is 0 Å². The number of rotatable bonds is 2. The lowest BCUT2D eigenvalue weighted by Crippen LogP contribution is -2.24. The van der Waals surface area contributed by atoms with Crippen LogP contribution in [0.4, 0.5) is 5.69 Å². The minimum atomic E-state index is -1.04. The standard InChI is InChI=1S/C14H13NO6/c1-7-6-10(16)21-8-4-5-9(19-2)12(11(7)8)15-13(17)14(18)20-3/h4-6H,1-3H3,(H,15,17). The normalized spacial score (nSPS) is 10.2. The Kier molecular flexibility index (Phi) is 3.93. The van der Waals surface area contributed by atoms with Gasteiger partial charge in [-0.05, 0) is 24.6 Å². The molecule has 7 nitrogen and oxygen atoms in total. The first-order chi connectivity index (χ1) is 9.97. The van der Waals surface area contributed by atoms with Gasteiger partial charge in [-0.1, -0.05) is 0 Å². The van der Waals surface area contributed by atoms with Crippen LogP contribution in [-0.2, 0) is 14.3 Å². The SMILES string of the molecule is COC(=O)C(=O)Nc1c(OC)ccc2oc(=O)cc(C)c12. The van der Waals surface area contributed by atoms with Crippen molar-refractivity contribution >= 4 is 28.5 Å². The highest BCUT2D eigenvalue weighted by molar-refractivity contribution is 6.38. The van der Waals surface area contributed by atoms with Gasteiger partial charge < -0.3 is 19.2 Å². The molecule has 0 saturated carbocycles. The fraction of sp³-hybridized carbons (Fsp3) is 0.214. The molecule has 1 N–H and O–H groups in total. The number of esters is 1. The maximum atomic E-state index is 11.7. The molecule has 0 unspecified atom stereocenters. The molecule has 0 saturated heterocycles. The van der Waals surface area contributed by atoms with Gasteiger partial charge in [-0.15, -0.1) is 0 Å². The van der Waals surface area contributed by atoms with Gasteiger partial charge in [0.1, 0.15) is 11.3 Å². The fourth-order valence-corrected chi connectivity index (χ4v) is 1.98. The van der Waals surface area contributed by atoms with E-state index in [9.17, 15) is 14.4 Å². The van der Waals surface area contributed by atoms with Gasteiger partial charge in [0.15, 0.2) is 0 Å². The Bertz CT molecular complexity index is 777. The highest BCUT2D eigenvalue weighted by Gasteiger charge is 2.20. The van der Waals surface area contributed by atoms with Crippen molar-refractivity contribution in [2.45, 2.75) is 6.92 Å². The van der Waals surface area contributed by atoms with Crippen molar-refractivity contribution in [3.8, 4) is 5.75 Å². The summed E-state index contributed by atoms with van der Waals surface area (Å²) >= 11 is 0. The Labute approximate surface area is 119 Å². The summed E-state index contributed by atoms with van der Waals surface area (Å²) in [7, 11) is 2.52. The monoisotopic (exact) mass is 291 g/mol. The second kappa shape index (κ2) is 5.66. The van der Waals surface area contributed by atoms with Crippen molar-refractivity contribution < 1.29 is 23.5 Å². The summed E-state index contributed by atoms with van der Waals surface area (Å²) in [5, 5.41) is 2.89. The highest BCUT2D eigenvalue weighted by Crippen LogP contribution is 2.34. The molecule has 0 fully saturated rings. The number of ether oxygens (including phenoxy) is 2. The molecule has 0 aliphatic heterocycles. The first kappa shape index (κ1) is 14.6. The Hall–Kier alpha value is -2.83. The average molecular weight is 291 g/mol. The van der Waals surface area contributed by atoms with E-state index in [4.69, 9.17) is 9.15 Å². The molecule has 21 heavy (non-hydrogen) atoms. The van der Waals surface area contributed by atoms with Crippen molar-refractivity contribution in [2.75, 3.05) is 19.5 Å². The van der Waals surface area contributed by atoms with Crippen LogP contribution >= 0.6 is 0 Å². The van der Waals surface area contributed by atoms with Crippen LogP contribution in [0.2, 0.25) is 0 Å². The average Bonchev–Trinajstić information content (AvgIpc) is 2.45. The molecule has 1 amide bonds. The maximum absolute atomic E-state index is 11.7. The molecule has 110 valence electrons. The third-order valence-electron chi connectivity index (χ3n) is 2.90. The Morgan fingerprint density at radius 3 is 2.57 bits per heavy atom. The molecule has 0 radical (unpaired) electrons. The predicted octanol–water partition coefficient (Wildman–Crippen LogP) is 1.22. The molecular formula is C14H13NO6. The first-order valence-corrected chi connectivity index (χ1v) is 5.98. The lowest BCUT2D eigenvalue weighted by atomic mass is 10.1. The van der Waals surface area contributed by atoms with Crippen LogP contribution in [0.25, 0.3) is 11.0 Å². The van der Waals surface area contributed by atoms with Crippen molar-refractivity contribution in [2.24, 2.45) is 0 Å². The van der Waals surface area contributed by atoms with Crippen LogP contribution in [-0.4, -0.2) is 26.1 Å². The number of hydrogen-bond acceptors (Lipinski definition) is 6. The number of amides is 1. The fourth-order valence-electron chi connectivity index (χ4n) is 1.98. The van der Waals surface area contributed by atoms with Gasteiger partial charge in [0.25, 0.3) is 0 Å². The zero-order chi connectivity index (χ0) is 15.6. The predicted molar refractivity (Wildman–Crippen MR) is 74.4 cm³/mol. The van der Waals surface area contributed by atoms with Gasteiger partial charge in [-0.3, -0.25) is 4.79 Å². The number of fused-ring (bicyclic) bond motifs is 1. The van der Waals surface area contributed by atoms with Gasteiger partial charge in [0, 0.05) is 11.5 Å². The van der Waals surface area contributed by atoms with E-state index in [1.807, 2.05) is 0 Å². The summed E-state index contributed by atoms with van der Waals surface area (Å²) in [6.07, 6.45) is 0. The molecule has 1 aromatic carbocycles. The smallest absolute Gasteiger partial charge is 0.396 e. The highest BCUT2D eigenvalue weighted by atomic mass is 16.5. The van der Waals surface area contributed by atoms with Crippen LogP contribution in [0.5, 0.6) is 5.75 Å². The zero-order valence-corrected chi connectivity index (χ0v) is 11.7.